The second-order valence-electron chi connectivity index (χ2n) is 4.22. The molecular weight excluding hydrogens is 170 g/mol. The Bertz CT molecular complexity index is 274. The van der Waals surface area contributed by atoms with Gasteiger partial charge < -0.3 is 10.1 Å². The molecule has 4 nitrogen and oxygen atoms in total. The third-order valence-corrected chi connectivity index (χ3v) is 2.63. The molecule has 2 unspecified atom stereocenters. The van der Waals surface area contributed by atoms with Crippen LogP contribution in [-0.4, -0.2) is 23.5 Å². The van der Waals surface area contributed by atoms with E-state index < -0.39 is 5.54 Å². The third kappa shape index (κ3) is 1.04. The summed E-state index contributed by atoms with van der Waals surface area (Å²) in [7, 11) is 0. The van der Waals surface area contributed by atoms with E-state index in [2.05, 4.69) is 5.32 Å². The maximum absolute atomic E-state index is 11.3. The molecule has 72 valence electrons. The normalized spacial score (nSPS) is 36.7. The molecule has 2 atom stereocenters. The van der Waals surface area contributed by atoms with Crippen molar-refractivity contribution in [2.24, 2.45) is 5.92 Å². The van der Waals surface area contributed by atoms with Gasteiger partial charge in [-0.2, -0.15) is 0 Å². The summed E-state index contributed by atoms with van der Waals surface area (Å²) in [5.74, 6) is 0.0438. The van der Waals surface area contributed by atoms with E-state index in [1.165, 1.54) is 0 Å². The fourth-order valence-electron chi connectivity index (χ4n) is 2.13. The highest BCUT2D eigenvalue weighted by Crippen LogP contribution is 2.39. The zero-order valence-corrected chi connectivity index (χ0v) is 7.79. The minimum atomic E-state index is -0.675. The topological polar surface area (TPSA) is 55.4 Å². The van der Waals surface area contributed by atoms with Crippen molar-refractivity contribution < 1.29 is 14.3 Å². The Labute approximate surface area is 76.6 Å². The average Bonchev–Trinajstić information content (AvgIpc) is 2.24. The predicted octanol–water partition coefficient (Wildman–Crippen LogP) is 0.217. The van der Waals surface area contributed by atoms with Crippen molar-refractivity contribution in [2.75, 3.05) is 0 Å². The first kappa shape index (κ1) is 8.53. The molecule has 1 N–H and O–H groups in total. The first-order valence-corrected chi connectivity index (χ1v) is 4.57. The zero-order chi connectivity index (χ0) is 9.64. The van der Waals surface area contributed by atoms with Crippen LogP contribution in [0.4, 0.5) is 0 Å². The zero-order valence-electron chi connectivity index (χ0n) is 7.79. The number of nitrogens with one attached hydrogen (secondary N) is 1. The minimum Gasteiger partial charge on any atom is -0.457 e. The van der Waals surface area contributed by atoms with Crippen molar-refractivity contribution in [3.8, 4) is 0 Å². The van der Waals surface area contributed by atoms with Gasteiger partial charge in [-0.15, -0.1) is 0 Å². The van der Waals surface area contributed by atoms with Crippen LogP contribution in [0, 0.1) is 5.92 Å². The lowest BCUT2D eigenvalue weighted by Gasteiger charge is -2.42. The molecule has 0 aliphatic carbocycles. The number of hydrogen-bond acceptors (Lipinski definition) is 3. The number of fused-ring (bicyclic) bond motifs is 1. The molecule has 0 saturated carbocycles. The van der Waals surface area contributed by atoms with Crippen LogP contribution in [0.15, 0.2) is 0 Å². The maximum Gasteiger partial charge on any atom is 0.336 e. The first-order chi connectivity index (χ1) is 6.04. The van der Waals surface area contributed by atoms with Crippen molar-refractivity contribution in [2.45, 2.75) is 38.3 Å². The van der Waals surface area contributed by atoms with Crippen LogP contribution in [0.1, 0.15) is 26.7 Å². The van der Waals surface area contributed by atoms with Crippen LogP contribution < -0.4 is 5.32 Å². The number of rotatable bonds is 2. The summed E-state index contributed by atoms with van der Waals surface area (Å²) in [5, 5.41) is 2.73. The van der Waals surface area contributed by atoms with E-state index >= 15 is 0 Å². The summed E-state index contributed by atoms with van der Waals surface area (Å²) in [5.41, 5.74) is -0.675. The quantitative estimate of drug-likeness (QED) is 0.623. The number of carbonyl (C=O) groups is 2. The number of hydrogen-bond donors (Lipinski definition) is 1. The Morgan fingerprint density at radius 1 is 1.62 bits per heavy atom. The number of amides is 1. The van der Waals surface area contributed by atoms with Gasteiger partial charge in [0.1, 0.15) is 6.10 Å². The molecular formula is C9H13NO3. The molecule has 0 aromatic heterocycles. The lowest BCUT2D eigenvalue weighted by Crippen LogP contribution is -2.66. The smallest absolute Gasteiger partial charge is 0.336 e. The van der Waals surface area contributed by atoms with E-state index in [1.807, 2.05) is 13.8 Å². The number of ether oxygens (including phenoxy) is 1. The molecule has 0 bridgehead atoms. The van der Waals surface area contributed by atoms with Gasteiger partial charge in [-0.05, 0) is 12.3 Å². The van der Waals surface area contributed by atoms with Gasteiger partial charge in [0.25, 0.3) is 0 Å². The molecule has 0 spiro atoms. The Morgan fingerprint density at radius 2 is 2.31 bits per heavy atom. The lowest BCUT2D eigenvalue weighted by molar-refractivity contribution is -0.189. The molecule has 2 aliphatic rings. The SMILES string of the molecule is CC(C)CC12NC(=O)CC1OC2=O. The summed E-state index contributed by atoms with van der Waals surface area (Å²) in [6, 6.07) is 0. The predicted molar refractivity (Wildman–Crippen MR) is 44.8 cm³/mol. The van der Waals surface area contributed by atoms with Crippen LogP contribution in [0.25, 0.3) is 0 Å². The second-order valence-corrected chi connectivity index (χ2v) is 4.22. The Morgan fingerprint density at radius 3 is 2.77 bits per heavy atom. The molecule has 0 aromatic rings. The van der Waals surface area contributed by atoms with E-state index in [4.69, 9.17) is 4.74 Å². The molecule has 0 aromatic carbocycles. The highest BCUT2D eigenvalue weighted by Gasteiger charge is 2.63. The van der Waals surface area contributed by atoms with Gasteiger partial charge in [0, 0.05) is 0 Å². The first-order valence-electron chi connectivity index (χ1n) is 4.57. The average molecular weight is 183 g/mol. The summed E-state index contributed by atoms with van der Waals surface area (Å²) in [6.07, 6.45) is 0.802. The van der Waals surface area contributed by atoms with E-state index in [-0.39, 0.29) is 18.0 Å². The molecule has 2 heterocycles. The van der Waals surface area contributed by atoms with E-state index in [1.54, 1.807) is 0 Å². The van der Waals surface area contributed by atoms with Crippen LogP contribution in [0.2, 0.25) is 0 Å². The summed E-state index contributed by atoms with van der Waals surface area (Å²) >= 11 is 0. The van der Waals surface area contributed by atoms with Crippen LogP contribution in [0.5, 0.6) is 0 Å². The monoisotopic (exact) mass is 183 g/mol. The van der Waals surface area contributed by atoms with Crippen molar-refractivity contribution in [1.29, 1.82) is 0 Å². The summed E-state index contributed by atoms with van der Waals surface area (Å²) < 4.78 is 4.92. The summed E-state index contributed by atoms with van der Waals surface area (Å²) in [6.45, 7) is 4.06. The van der Waals surface area contributed by atoms with Gasteiger partial charge in [0.15, 0.2) is 5.54 Å². The van der Waals surface area contributed by atoms with E-state index in [0.29, 0.717) is 18.8 Å². The van der Waals surface area contributed by atoms with Crippen molar-refractivity contribution in [3.05, 3.63) is 0 Å². The van der Waals surface area contributed by atoms with Gasteiger partial charge in [0.2, 0.25) is 5.91 Å². The van der Waals surface area contributed by atoms with Crippen LogP contribution >= 0.6 is 0 Å². The number of esters is 1. The van der Waals surface area contributed by atoms with Crippen molar-refractivity contribution in [1.82, 2.24) is 5.32 Å². The Hall–Kier alpha value is -1.06. The van der Waals surface area contributed by atoms with Crippen LogP contribution in [0.3, 0.4) is 0 Å². The lowest BCUT2D eigenvalue weighted by atomic mass is 9.81. The second kappa shape index (κ2) is 2.47. The molecule has 2 rings (SSSR count). The van der Waals surface area contributed by atoms with E-state index in [9.17, 15) is 9.59 Å². The molecule has 4 heteroatoms. The van der Waals surface area contributed by atoms with Crippen molar-refractivity contribution in [3.63, 3.8) is 0 Å². The van der Waals surface area contributed by atoms with Gasteiger partial charge in [0.05, 0.1) is 6.42 Å². The highest BCUT2D eigenvalue weighted by molar-refractivity contribution is 5.98. The van der Waals surface area contributed by atoms with Gasteiger partial charge >= 0.3 is 5.97 Å². The largest absolute Gasteiger partial charge is 0.457 e. The molecule has 0 radical (unpaired) electrons. The maximum atomic E-state index is 11.3. The minimum absolute atomic E-state index is 0.0727. The third-order valence-electron chi connectivity index (χ3n) is 2.63. The Balaban J connectivity index is 2.18. The molecule has 13 heavy (non-hydrogen) atoms. The molecule has 2 aliphatic heterocycles. The molecule has 1 amide bonds. The van der Waals surface area contributed by atoms with Gasteiger partial charge in [-0.1, -0.05) is 13.8 Å². The molecule has 2 saturated heterocycles. The highest BCUT2D eigenvalue weighted by atomic mass is 16.6. The van der Waals surface area contributed by atoms with Gasteiger partial charge in [-0.25, -0.2) is 4.79 Å². The fourth-order valence-corrected chi connectivity index (χ4v) is 2.13. The Kier molecular flexibility index (Phi) is 1.62. The van der Waals surface area contributed by atoms with E-state index in [0.717, 1.165) is 0 Å². The standard InChI is InChI=1S/C9H13NO3/c1-5(2)4-9-6(13-8(9)12)3-7(11)10-9/h5-6H,3-4H2,1-2H3,(H,10,11). The van der Waals surface area contributed by atoms with Gasteiger partial charge in [-0.3, -0.25) is 4.79 Å². The van der Waals surface area contributed by atoms with Crippen molar-refractivity contribution >= 4 is 11.9 Å². The van der Waals surface area contributed by atoms with Crippen LogP contribution in [-0.2, 0) is 14.3 Å². The fraction of sp³-hybridized carbons (Fsp3) is 0.778. The molecule has 2 fully saturated rings. The summed E-state index contributed by atoms with van der Waals surface area (Å²) in [4.78, 5) is 22.4. The number of carbonyl (C=O) groups excluding carboxylic acids is 2.